The van der Waals surface area contributed by atoms with Gasteiger partial charge in [0.2, 0.25) is 6.10 Å². The normalized spacial score (nSPS) is 16.2. The maximum Gasteiger partial charge on any atom is 0.266 e. The Bertz CT molecular complexity index is 672. The predicted molar refractivity (Wildman–Crippen MR) is 95.0 cm³/mol. The van der Waals surface area contributed by atoms with Crippen molar-refractivity contribution < 1.29 is 9.53 Å². The Hall–Kier alpha value is -2.04. The van der Waals surface area contributed by atoms with Gasteiger partial charge in [-0.15, -0.1) is 0 Å². The van der Waals surface area contributed by atoms with Crippen molar-refractivity contribution in [2.24, 2.45) is 11.7 Å². The molecule has 2 unspecified atom stereocenters. The molecule has 3 N–H and O–H groups in total. The number of carbonyl (C=O) groups excluding carboxylic acids is 1. The molecule has 0 spiro atoms. The van der Waals surface area contributed by atoms with Crippen molar-refractivity contribution in [3.05, 3.63) is 65.2 Å². The van der Waals surface area contributed by atoms with Crippen LogP contribution in [0, 0.1) is 5.92 Å². The maximum absolute atomic E-state index is 12.8. The van der Waals surface area contributed by atoms with E-state index in [4.69, 9.17) is 22.1 Å². The molecule has 3 rings (SSSR count). The van der Waals surface area contributed by atoms with Crippen LogP contribution in [-0.2, 0) is 4.79 Å². The minimum Gasteiger partial charge on any atom is -0.476 e. The van der Waals surface area contributed by atoms with E-state index in [0.717, 1.165) is 18.4 Å². The zero-order valence-corrected chi connectivity index (χ0v) is 14.1. The summed E-state index contributed by atoms with van der Waals surface area (Å²) in [6, 6.07) is 16.5. The molecule has 0 radical (unpaired) electrons. The molecule has 0 heterocycles. The van der Waals surface area contributed by atoms with Crippen LogP contribution in [0.25, 0.3) is 0 Å². The summed E-state index contributed by atoms with van der Waals surface area (Å²) in [4.78, 5) is 12.8. The topological polar surface area (TPSA) is 64.3 Å². The number of ether oxygens (including phenoxy) is 1. The van der Waals surface area contributed by atoms with Gasteiger partial charge in [-0.2, -0.15) is 0 Å². The molecule has 1 amide bonds. The molecule has 1 fully saturated rings. The van der Waals surface area contributed by atoms with Gasteiger partial charge < -0.3 is 15.8 Å². The van der Waals surface area contributed by atoms with Crippen LogP contribution in [0.2, 0.25) is 5.02 Å². The minimum absolute atomic E-state index is 0.0116. The highest BCUT2D eigenvalue weighted by Crippen LogP contribution is 2.33. The van der Waals surface area contributed by atoms with Gasteiger partial charge >= 0.3 is 0 Å². The molecule has 2 aromatic carbocycles. The first-order chi connectivity index (χ1) is 11.7. The maximum atomic E-state index is 12.8. The van der Waals surface area contributed by atoms with Gasteiger partial charge in [0.1, 0.15) is 5.75 Å². The van der Waals surface area contributed by atoms with Gasteiger partial charge in [-0.05, 0) is 43.0 Å². The van der Waals surface area contributed by atoms with Gasteiger partial charge in [-0.3, -0.25) is 4.79 Å². The third kappa shape index (κ3) is 4.28. The van der Waals surface area contributed by atoms with Crippen molar-refractivity contribution in [2.75, 3.05) is 6.54 Å². The van der Waals surface area contributed by atoms with Crippen LogP contribution >= 0.6 is 11.6 Å². The first-order valence-electron chi connectivity index (χ1n) is 8.15. The summed E-state index contributed by atoms with van der Waals surface area (Å²) in [6.45, 7) is 0.443. The molecule has 0 bridgehead atoms. The molecule has 0 aromatic heterocycles. The lowest BCUT2D eigenvalue weighted by molar-refractivity contribution is -0.129. The number of nitrogens with one attached hydrogen (secondary N) is 1. The number of hydrogen-bond acceptors (Lipinski definition) is 3. The van der Waals surface area contributed by atoms with Crippen LogP contribution in [0.3, 0.4) is 0 Å². The van der Waals surface area contributed by atoms with Gasteiger partial charge in [0.05, 0.1) is 0 Å². The molecule has 1 saturated carbocycles. The van der Waals surface area contributed by atoms with Crippen molar-refractivity contribution in [3.8, 4) is 5.75 Å². The summed E-state index contributed by atoms with van der Waals surface area (Å²) < 4.78 is 5.95. The third-order valence-corrected chi connectivity index (χ3v) is 4.43. The Morgan fingerprint density at radius 1 is 1.17 bits per heavy atom. The van der Waals surface area contributed by atoms with E-state index < -0.39 is 6.10 Å². The van der Waals surface area contributed by atoms with Crippen LogP contribution in [0.5, 0.6) is 5.75 Å². The lowest BCUT2D eigenvalue weighted by Crippen LogP contribution is -2.44. The van der Waals surface area contributed by atoms with Crippen LogP contribution in [0.4, 0.5) is 0 Å². The highest BCUT2D eigenvalue weighted by molar-refractivity contribution is 6.30. The smallest absolute Gasteiger partial charge is 0.266 e. The van der Waals surface area contributed by atoms with E-state index in [1.807, 2.05) is 30.3 Å². The predicted octanol–water partition coefficient (Wildman–Crippen LogP) is 3.31. The summed E-state index contributed by atoms with van der Waals surface area (Å²) in [7, 11) is 0. The van der Waals surface area contributed by atoms with Crippen LogP contribution in [-0.4, -0.2) is 18.5 Å². The van der Waals surface area contributed by atoms with E-state index in [9.17, 15) is 4.79 Å². The first kappa shape index (κ1) is 16.8. The molecule has 126 valence electrons. The number of hydrogen-bond donors (Lipinski definition) is 2. The molecular weight excluding hydrogens is 324 g/mol. The van der Waals surface area contributed by atoms with E-state index in [1.165, 1.54) is 0 Å². The molecule has 2 aromatic rings. The summed E-state index contributed by atoms with van der Waals surface area (Å²) in [5, 5.41) is 3.67. The Morgan fingerprint density at radius 2 is 1.83 bits per heavy atom. The van der Waals surface area contributed by atoms with Crippen molar-refractivity contribution in [1.29, 1.82) is 0 Å². The summed E-state index contributed by atoms with van der Waals surface area (Å²) in [5.74, 6) is 0.920. The summed E-state index contributed by atoms with van der Waals surface area (Å²) in [5.41, 5.74) is 6.60. The van der Waals surface area contributed by atoms with Crippen molar-refractivity contribution >= 4 is 17.5 Å². The van der Waals surface area contributed by atoms with Crippen molar-refractivity contribution in [1.82, 2.24) is 5.32 Å². The molecule has 0 aliphatic heterocycles. The second kappa shape index (κ2) is 7.69. The highest BCUT2D eigenvalue weighted by atomic mass is 35.5. The van der Waals surface area contributed by atoms with E-state index >= 15 is 0 Å². The van der Waals surface area contributed by atoms with Gasteiger partial charge in [-0.25, -0.2) is 0 Å². The van der Waals surface area contributed by atoms with Crippen molar-refractivity contribution in [3.63, 3.8) is 0 Å². The van der Waals surface area contributed by atoms with Gasteiger partial charge in [0.15, 0.2) is 0 Å². The van der Waals surface area contributed by atoms with E-state index in [0.29, 0.717) is 23.2 Å². The second-order valence-electron chi connectivity index (χ2n) is 6.05. The average molecular weight is 345 g/mol. The number of nitrogens with two attached hydrogens (primary N) is 1. The molecule has 2 atom stereocenters. The zero-order chi connectivity index (χ0) is 16.9. The van der Waals surface area contributed by atoms with E-state index in [1.54, 1.807) is 24.3 Å². The lowest BCUT2D eigenvalue weighted by Gasteiger charge is -2.23. The number of rotatable bonds is 7. The molecule has 24 heavy (non-hydrogen) atoms. The largest absolute Gasteiger partial charge is 0.476 e. The Balaban J connectivity index is 1.78. The zero-order valence-electron chi connectivity index (χ0n) is 13.3. The molecule has 1 aliphatic carbocycles. The Kier molecular flexibility index (Phi) is 5.38. The molecule has 5 heteroatoms. The fourth-order valence-corrected chi connectivity index (χ4v) is 2.80. The summed E-state index contributed by atoms with van der Waals surface area (Å²) >= 11 is 5.91. The lowest BCUT2D eigenvalue weighted by atomic mass is 10.1. The van der Waals surface area contributed by atoms with Gasteiger partial charge in [0, 0.05) is 23.2 Å². The number of amides is 1. The fourth-order valence-electron chi connectivity index (χ4n) is 2.68. The molecule has 4 nitrogen and oxygen atoms in total. The highest BCUT2D eigenvalue weighted by Gasteiger charge is 2.33. The average Bonchev–Trinajstić information content (AvgIpc) is 3.44. The standard InChI is InChI=1S/C19H21ClN2O2/c20-15-8-10-16(11-9-15)24-18(14-4-2-1-3-5-14)19(23)22-17(12-21)13-6-7-13/h1-5,8-11,13,17-18H,6-7,12,21H2,(H,22,23). The molecular formula is C19H21ClN2O2. The van der Waals surface area contributed by atoms with Gasteiger partial charge in [-0.1, -0.05) is 41.9 Å². The Labute approximate surface area is 147 Å². The fraction of sp³-hybridized carbons (Fsp3) is 0.316. The number of halogens is 1. The molecule has 1 aliphatic rings. The molecule has 0 saturated heterocycles. The number of carbonyl (C=O) groups is 1. The first-order valence-corrected chi connectivity index (χ1v) is 8.53. The van der Waals surface area contributed by atoms with Crippen LogP contribution in [0.1, 0.15) is 24.5 Å². The monoisotopic (exact) mass is 344 g/mol. The summed E-state index contributed by atoms with van der Waals surface area (Å²) in [6.07, 6.45) is 1.52. The SMILES string of the molecule is NCC(NC(=O)C(Oc1ccc(Cl)cc1)c1ccccc1)C1CC1. The Morgan fingerprint density at radius 3 is 2.42 bits per heavy atom. The quantitative estimate of drug-likeness (QED) is 0.809. The minimum atomic E-state index is -0.722. The van der Waals surface area contributed by atoms with E-state index in [-0.39, 0.29) is 11.9 Å². The van der Waals surface area contributed by atoms with Gasteiger partial charge in [0.25, 0.3) is 5.91 Å². The number of benzene rings is 2. The van der Waals surface area contributed by atoms with E-state index in [2.05, 4.69) is 5.32 Å². The van der Waals surface area contributed by atoms with Crippen LogP contribution < -0.4 is 15.8 Å². The third-order valence-electron chi connectivity index (χ3n) is 4.18. The van der Waals surface area contributed by atoms with Crippen molar-refractivity contribution in [2.45, 2.75) is 25.0 Å². The van der Waals surface area contributed by atoms with Crippen LogP contribution in [0.15, 0.2) is 54.6 Å². The second-order valence-corrected chi connectivity index (χ2v) is 6.49.